The number of thioether (sulfide) groups is 1. The lowest BCUT2D eigenvalue weighted by atomic mass is 10.2. The van der Waals surface area contributed by atoms with Gasteiger partial charge in [-0.05, 0) is 48.9 Å². The number of aryl methyl sites for hydroxylation is 1. The fourth-order valence-corrected chi connectivity index (χ4v) is 4.11. The molecule has 1 aliphatic heterocycles. The van der Waals surface area contributed by atoms with E-state index in [1.54, 1.807) is 28.8 Å². The minimum atomic E-state index is -0.331. The summed E-state index contributed by atoms with van der Waals surface area (Å²) in [6.45, 7) is 2.51. The van der Waals surface area contributed by atoms with E-state index in [0.717, 1.165) is 17.0 Å². The molecule has 0 atom stereocenters. The number of carbonyl (C=O) groups excluding carboxylic acids is 1. The Hall–Kier alpha value is -2.71. The van der Waals surface area contributed by atoms with Crippen molar-refractivity contribution in [3.8, 4) is 11.4 Å². The molecule has 0 radical (unpaired) electrons. The summed E-state index contributed by atoms with van der Waals surface area (Å²) in [6.07, 6.45) is 0.539. The van der Waals surface area contributed by atoms with Crippen molar-refractivity contribution in [1.29, 1.82) is 0 Å². The number of benzene rings is 2. The summed E-state index contributed by atoms with van der Waals surface area (Å²) in [7, 11) is 0. The Balaban J connectivity index is 1.42. The van der Waals surface area contributed by atoms with E-state index in [1.165, 1.54) is 12.1 Å². The number of hydrogen-bond acceptors (Lipinski definition) is 6. The quantitative estimate of drug-likeness (QED) is 0.551. The van der Waals surface area contributed by atoms with Crippen LogP contribution in [0.15, 0.2) is 52.0 Å². The fourth-order valence-electron chi connectivity index (χ4n) is 2.97. The van der Waals surface area contributed by atoms with Crippen LogP contribution in [0.4, 0.5) is 10.1 Å². The Morgan fingerprint density at radius 1 is 1.30 bits per heavy atom. The van der Waals surface area contributed by atoms with Gasteiger partial charge >= 0.3 is 0 Å². The zero-order chi connectivity index (χ0) is 21.1. The average Bonchev–Trinajstić information content (AvgIpc) is 3.40. The average molecular weight is 445 g/mol. The third-order valence-corrected chi connectivity index (χ3v) is 6.02. The summed E-state index contributed by atoms with van der Waals surface area (Å²) in [5.74, 6) is 1.13. The van der Waals surface area contributed by atoms with Crippen LogP contribution in [0.3, 0.4) is 0 Å². The van der Waals surface area contributed by atoms with E-state index in [4.69, 9.17) is 16.1 Å². The molecule has 0 saturated carbocycles. The maximum atomic E-state index is 13.1. The number of rotatable bonds is 5. The lowest BCUT2D eigenvalue weighted by Crippen LogP contribution is -2.31. The SMILES string of the molecule is Cc1c(Cl)cccc1N=C1SCCN1C(=O)CCc1nc(-c2ccc(F)cc2)no1. The molecule has 0 aliphatic carbocycles. The monoisotopic (exact) mass is 444 g/mol. The molecular formula is C21H18ClFN4O2S. The van der Waals surface area contributed by atoms with Gasteiger partial charge in [0, 0.05) is 35.7 Å². The standard InChI is InChI=1S/C21H18ClFN4O2S/c1-13-16(22)3-2-4-17(13)24-21-27(11-12-30-21)19(28)10-9-18-25-20(26-29-18)14-5-7-15(23)8-6-14/h2-8H,9-12H2,1H3. The minimum absolute atomic E-state index is 0.0556. The number of carbonyl (C=O) groups is 1. The highest BCUT2D eigenvalue weighted by Crippen LogP contribution is 2.29. The molecule has 0 bridgehead atoms. The fraction of sp³-hybridized carbons (Fsp3) is 0.238. The van der Waals surface area contributed by atoms with Crippen LogP contribution in [-0.2, 0) is 11.2 Å². The van der Waals surface area contributed by atoms with Gasteiger partial charge in [0.1, 0.15) is 5.82 Å². The van der Waals surface area contributed by atoms with E-state index in [-0.39, 0.29) is 18.1 Å². The van der Waals surface area contributed by atoms with Crippen LogP contribution < -0.4 is 0 Å². The van der Waals surface area contributed by atoms with Gasteiger partial charge in [0.15, 0.2) is 5.17 Å². The molecule has 30 heavy (non-hydrogen) atoms. The first kappa shape index (κ1) is 20.6. The zero-order valence-corrected chi connectivity index (χ0v) is 17.7. The number of aliphatic imine (C=N–C) groups is 1. The molecule has 1 aromatic heterocycles. The topological polar surface area (TPSA) is 71.6 Å². The summed E-state index contributed by atoms with van der Waals surface area (Å²) in [4.78, 5) is 23.4. The number of nitrogens with zero attached hydrogens (tertiary/aromatic N) is 4. The molecule has 6 nitrogen and oxygen atoms in total. The Labute approximate surface area is 182 Å². The van der Waals surface area contributed by atoms with Gasteiger partial charge in [0.05, 0.1) is 5.69 Å². The molecule has 1 amide bonds. The van der Waals surface area contributed by atoms with Crippen LogP contribution in [0.5, 0.6) is 0 Å². The maximum absolute atomic E-state index is 13.1. The molecule has 1 saturated heterocycles. The van der Waals surface area contributed by atoms with Crippen molar-refractivity contribution in [2.75, 3.05) is 12.3 Å². The van der Waals surface area contributed by atoms with E-state index in [0.29, 0.717) is 40.4 Å². The van der Waals surface area contributed by atoms with Gasteiger partial charge in [-0.2, -0.15) is 4.98 Å². The Morgan fingerprint density at radius 3 is 2.90 bits per heavy atom. The van der Waals surface area contributed by atoms with Crippen molar-refractivity contribution in [3.05, 3.63) is 64.8 Å². The summed E-state index contributed by atoms with van der Waals surface area (Å²) >= 11 is 7.71. The second kappa shape index (κ2) is 8.97. The first-order chi connectivity index (χ1) is 14.5. The molecule has 9 heteroatoms. The highest BCUT2D eigenvalue weighted by Gasteiger charge is 2.26. The van der Waals surface area contributed by atoms with Crippen LogP contribution in [0.25, 0.3) is 11.4 Å². The Bertz CT molecular complexity index is 1100. The third-order valence-electron chi connectivity index (χ3n) is 4.66. The Morgan fingerprint density at radius 2 is 2.10 bits per heavy atom. The van der Waals surface area contributed by atoms with Crippen molar-refractivity contribution >= 4 is 40.1 Å². The van der Waals surface area contributed by atoms with E-state index < -0.39 is 0 Å². The van der Waals surface area contributed by atoms with Crippen molar-refractivity contribution in [1.82, 2.24) is 15.0 Å². The molecule has 154 valence electrons. The molecule has 0 unspecified atom stereocenters. The number of amides is 1. The largest absolute Gasteiger partial charge is 0.339 e. The smallest absolute Gasteiger partial charge is 0.229 e. The normalized spacial score (nSPS) is 15.2. The molecule has 1 fully saturated rings. The maximum Gasteiger partial charge on any atom is 0.229 e. The molecule has 2 heterocycles. The van der Waals surface area contributed by atoms with Crippen LogP contribution in [0, 0.1) is 12.7 Å². The second-order valence-corrected chi connectivity index (χ2v) is 8.16. The number of hydrogen-bond donors (Lipinski definition) is 0. The third kappa shape index (κ3) is 4.55. The van der Waals surface area contributed by atoms with Gasteiger partial charge in [-0.3, -0.25) is 9.69 Å². The first-order valence-electron chi connectivity index (χ1n) is 9.37. The second-order valence-electron chi connectivity index (χ2n) is 6.69. The molecule has 2 aromatic carbocycles. The van der Waals surface area contributed by atoms with E-state index >= 15 is 0 Å². The van der Waals surface area contributed by atoms with Crippen LogP contribution >= 0.6 is 23.4 Å². The van der Waals surface area contributed by atoms with Gasteiger partial charge in [0.25, 0.3) is 0 Å². The summed E-state index contributed by atoms with van der Waals surface area (Å²) in [5, 5.41) is 5.22. The van der Waals surface area contributed by atoms with Crippen LogP contribution in [0.1, 0.15) is 17.9 Å². The minimum Gasteiger partial charge on any atom is -0.339 e. The van der Waals surface area contributed by atoms with Gasteiger partial charge < -0.3 is 4.52 Å². The predicted octanol–water partition coefficient (Wildman–Crippen LogP) is 5.03. The zero-order valence-electron chi connectivity index (χ0n) is 16.1. The van der Waals surface area contributed by atoms with Crippen molar-refractivity contribution in [2.45, 2.75) is 19.8 Å². The first-order valence-corrected chi connectivity index (χ1v) is 10.7. The van der Waals surface area contributed by atoms with Gasteiger partial charge in [-0.25, -0.2) is 9.38 Å². The van der Waals surface area contributed by atoms with Crippen molar-refractivity contribution in [2.24, 2.45) is 4.99 Å². The number of aromatic nitrogens is 2. The molecule has 3 aromatic rings. The summed E-state index contributed by atoms with van der Waals surface area (Å²) < 4.78 is 18.3. The van der Waals surface area contributed by atoms with Gasteiger partial charge in [-0.1, -0.05) is 34.6 Å². The molecule has 1 aliphatic rings. The predicted molar refractivity (Wildman–Crippen MR) is 115 cm³/mol. The Kier molecular flexibility index (Phi) is 6.15. The van der Waals surface area contributed by atoms with E-state index in [2.05, 4.69) is 15.1 Å². The molecule has 0 N–H and O–H groups in total. The van der Waals surface area contributed by atoms with Crippen LogP contribution in [0.2, 0.25) is 5.02 Å². The van der Waals surface area contributed by atoms with Gasteiger partial charge in [0.2, 0.25) is 17.6 Å². The highest BCUT2D eigenvalue weighted by molar-refractivity contribution is 8.14. The summed E-state index contributed by atoms with van der Waals surface area (Å²) in [5.41, 5.74) is 2.29. The summed E-state index contributed by atoms with van der Waals surface area (Å²) in [6, 6.07) is 11.4. The lowest BCUT2D eigenvalue weighted by Gasteiger charge is -2.15. The highest BCUT2D eigenvalue weighted by atomic mass is 35.5. The van der Waals surface area contributed by atoms with Crippen molar-refractivity contribution in [3.63, 3.8) is 0 Å². The number of halogens is 2. The van der Waals surface area contributed by atoms with Crippen LogP contribution in [-0.4, -0.2) is 38.4 Å². The molecule has 4 rings (SSSR count). The van der Waals surface area contributed by atoms with Crippen molar-refractivity contribution < 1.29 is 13.7 Å². The van der Waals surface area contributed by atoms with Gasteiger partial charge in [-0.15, -0.1) is 0 Å². The number of amidine groups is 1. The van der Waals surface area contributed by atoms with E-state index in [9.17, 15) is 9.18 Å². The lowest BCUT2D eigenvalue weighted by molar-refractivity contribution is -0.127. The molecular weight excluding hydrogens is 427 g/mol. The van der Waals surface area contributed by atoms with E-state index in [1.807, 2.05) is 25.1 Å². The molecule has 0 spiro atoms.